The summed E-state index contributed by atoms with van der Waals surface area (Å²) < 4.78 is 39.0. The van der Waals surface area contributed by atoms with Gasteiger partial charge in [-0.25, -0.2) is 0 Å². The van der Waals surface area contributed by atoms with Crippen LogP contribution in [0, 0.1) is 5.41 Å². The molecule has 0 spiro atoms. The van der Waals surface area contributed by atoms with E-state index in [0.29, 0.717) is 5.69 Å². The predicted octanol–water partition coefficient (Wildman–Crippen LogP) is 2.98. The number of hydrogen-bond acceptors (Lipinski definition) is 2. The number of nitrogens with two attached hydrogens (primary N) is 1. The number of amidine groups is 1. The first kappa shape index (κ1) is 13.7. The van der Waals surface area contributed by atoms with Crippen molar-refractivity contribution < 1.29 is 13.2 Å². The van der Waals surface area contributed by atoms with Crippen molar-refractivity contribution in [2.24, 2.45) is 5.73 Å². The summed E-state index contributed by atoms with van der Waals surface area (Å²) in [5, 5.41) is 7.24. The van der Waals surface area contributed by atoms with E-state index in [1.165, 1.54) is 6.07 Å². The lowest BCUT2D eigenvalue weighted by molar-refractivity contribution is -0.137. The molecule has 0 radical (unpaired) electrons. The monoisotopic (exact) mass is 271 g/mol. The van der Waals surface area contributed by atoms with Gasteiger partial charge in [0.1, 0.15) is 5.84 Å². The Morgan fingerprint density at radius 1 is 1.42 bits per heavy atom. The molecule has 1 aromatic carbocycles. The number of nitrogen functional groups attached to an aromatic ring is 1. The van der Waals surface area contributed by atoms with Crippen molar-refractivity contribution in [2.45, 2.75) is 32.0 Å². The number of nitrogens with one attached hydrogen (secondary N) is 1. The zero-order chi connectivity index (χ0) is 14.2. The van der Waals surface area contributed by atoms with Crippen LogP contribution in [0.5, 0.6) is 0 Å². The summed E-state index contributed by atoms with van der Waals surface area (Å²) in [6.45, 7) is 2.76. The van der Waals surface area contributed by atoms with E-state index in [2.05, 4.69) is 0 Å². The fourth-order valence-electron chi connectivity index (χ4n) is 2.50. The van der Waals surface area contributed by atoms with Gasteiger partial charge in [-0.15, -0.1) is 0 Å². The molecule has 3 N–H and O–H groups in total. The minimum atomic E-state index is -4.50. The molecule has 0 amide bonds. The molecule has 6 heteroatoms. The van der Waals surface area contributed by atoms with Crippen LogP contribution < -0.4 is 10.6 Å². The van der Waals surface area contributed by atoms with E-state index in [0.717, 1.165) is 25.5 Å². The molecule has 1 unspecified atom stereocenters. The third-order valence-electron chi connectivity index (χ3n) is 3.48. The molecule has 19 heavy (non-hydrogen) atoms. The Labute approximate surface area is 109 Å². The molecule has 0 saturated carbocycles. The first-order valence-corrected chi connectivity index (χ1v) is 6.13. The molecule has 1 atom stereocenters. The van der Waals surface area contributed by atoms with E-state index >= 15 is 0 Å². The van der Waals surface area contributed by atoms with Gasteiger partial charge in [0.2, 0.25) is 0 Å². The molecular formula is C13H16F3N3. The number of benzene rings is 1. The molecule has 2 rings (SSSR count). The summed E-state index contributed by atoms with van der Waals surface area (Å²) >= 11 is 0. The van der Waals surface area contributed by atoms with Crippen molar-refractivity contribution in [1.82, 2.24) is 0 Å². The first-order chi connectivity index (χ1) is 8.80. The molecule has 1 saturated heterocycles. The van der Waals surface area contributed by atoms with Crippen molar-refractivity contribution in [3.05, 3.63) is 29.3 Å². The molecular weight excluding hydrogens is 255 g/mol. The second-order valence-electron chi connectivity index (χ2n) is 4.83. The van der Waals surface area contributed by atoms with Gasteiger partial charge >= 0.3 is 6.18 Å². The third kappa shape index (κ3) is 2.67. The standard InChI is InChI=1S/C13H16F3N3/c1-8-3-2-6-19(8)9-4-5-10(12(17)18)11(7-9)13(14,15)16/h4-5,7-8H,2-3,6H2,1H3,(H3,17,18). The Kier molecular flexibility index (Phi) is 3.43. The van der Waals surface area contributed by atoms with E-state index in [9.17, 15) is 13.2 Å². The van der Waals surface area contributed by atoms with E-state index in [1.807, 2.05) is 11.8 Å². The maximum atomic E-state index is 13.0. The number of alkyl halides is 3. The van der Waals surface area contributed by atoms with Gasteiger partial charge in [-0.3, -0.25) is 5.41 Å². The molecule has 0 bridgehead atoms. The summed E-state index contributed by atoms with van der Waals surface area (Å²) in [6.07, 6.45) is -2.53. The Morgan fingerprint density at radius 2 is 2.11 bits per heavy atom. The van der Waals surface area contributed by atoms with Gasteiger partial charge in [-0.1, -0.05) is 0 Å². The number of anilines is 1. The van der Waals surface area contributed by atoms with Crippen LogP contribution in [0.1, 0.15) is 30.9 Å². The molecule has 1 aromatic rings. The normalized spacial score (nSPS) is 19.8. The van der Waals surface area contributed by atoms with Crippen molar-refractivity contribution >= 4 is 11.5 Å². The predicted molar refractivity (Wildman–Crippen MR) is 68.5 cm³/mol. The second kappa shape index (κ2) is 4.75. The minimum absolute atomic E-state index is 0.240. The molecule has 1 aliphatic rings. The number of halogens is 3. The summed E-state index contributed by atoms with van der Waals surface area (Å²) in [6, 6.07) is 4.22. The first-order valence-electron chi connectivity index (χ1n) is 6.13. The van der Waals surface area contributed by atoms with Crippen molar-refractivity contribution in [2.75, 3.05) is 11.4 Å². The number of rotatable bonds is 2. The highest BCUT2D eigenvalue weighted by molar-refractivity contribution is 5.97. The van der Waals surface area contributed by atoms with Crippen molar-refractivity contribution in [3.8, 4) is 0 Å². The molecule has 0 aromatic heterocycles. The largest absolute Gasteiger partial charge is 0.417 e. The van der Waals surface area contributed by atoms with Crippen molar-refractivity contribution in [1.29, 1.82) is 5.41 Å². The highest BCUT2D eigenvalue weighted by Gasteiger charge is 2.35. The highest BCUT2D eigenvalue weighted by Crippen LogP contribution is 2.36. The topological polar surface area (TPSA) is 53.1 Å². The van der Waals surface area contributed by atoms with Gasteiger partial charge in [-0.05, 0) is 38.0 Å². The Morgan fingerprint density at radius 3 is 2.58 bits per heavy atom. The fraction of sp³-hybridized carbons (Fsp3) is 0.462. The van der Waals surface area contributed by atoms with Crippen LogP contribution in [0.2, 0.25) is 0 Å². The average molecular weight is 271 g/mol. The van der Waals surface area contributed by atoms with Crippen LogP contribution >= 0.6 is 0 Å². The van der Waals surface area contributed by atoms with Gasteiger partial charge in [0.05, 0.1) is 5.56 Å². The van der Waals surface area contributed by atoms with Crippen LogP contribution in [0.4, 0.5) is 18.9 Å². The van der Waals surface area contributed by atoms with Crippen LogP contribution in [-0.4, -0.2) is 18.4 Å². The van der Waals surface area contributed by atoms with E-state index in [1.54, 1.807) is 6.07 Å². The summed E-state index contributed by atoms with van der Waals surface area (Å²) in [7, 11) is 0. The lowest BCUT2D eigenvalue weighted by atomic mass is 10.0. The summed E-state index contributed by atoms with van der Waals surface area (Å²) in [5.41, 5.74) is 4.66. The number of nitrogens with zero attached hydrogens (tertiary/aromatic N) is 1. The van der Waals surface area contributed by atoms with Gasteiger partial charge in [0, 0.05) is 23.8 Å². The SMILES string of the molecule is CC1CCCN1c1ccc(C(=N)N)c(C(F)(F)F)c1. The quantitative estimate of drug-likeness (QED) is 0.642. The summed E-state index contributed by atoms with van der Waals surface area (Å²) in [4.78, 5) is 1.96. The molecule has 1 aliphatic heterocycles. The zero-order valence-corrected chi connectivity index (χ0v) is 10.6. The average Bonchev–Trinajstić information content (AvgIpc) is 2.73. The highest BCUT2D eigenvalue weighted by atomic mass is 19.4. The third-order valence-corrected chi connectivity index (χ3v) is 3.48. The van der Waals surface area contributed by atoms with Gasteiger partial charge < -0.3 is 10.6 Å². The minimum Gasteiger partial charge on any atom is -0.384 e. The number of hydrogen-bond donors (Lipinski definition) is 2. The Balaban J connectivity index is 2.47. The van der Waals surface area contributed by atoms with E-state index in [4.69, 9.17) is 11.1 Å². The van der Waals surface area contributed by atoms with Crippen LogP contribution in [0.15, 0.2) is 18.2 Å². The van der Waals surface area contributed by atoms with Crippen LogP contribution in [0.25, 0.3) is 0 Å². The zero-order valence-electron chi connectivity index (χ0n) is 10.6. The van der Waals surface area contributed by atoms with Gasteiger partial charge in [0.15, 0.2) is 0 Å². The maximum Gasteiger partial charge on any atom is 0.417 e. The molecule has 3 nitrogen and oxygen atoms in total. The van der Waals surface area contributed by atoms with Crippen molar-refractivity contribution in [3.63, 3.8) is 0 Å². The molecule has 1 fully saturated rings. The summed E-state index contributed by atoms with van der Waals surface area (Å²) in [5.74, 6) is -0.562. The molecule has 1 heterocycles. The smallest absolute Gasteiger partial charge is 0.384 e. The maximum absolute atomic E-state index is 13.0. The Hall–Kier alpha value is -1.72. The Bertz CT molecular complexity index is 496. The van der Waals surface area contributed by atoms with Crippen LogP contribution in [-0.2, 0) is 6.18 Å². The van der Waals surface area contributed by atoms with Gasteiger partial charge in [-0.2, -0.15) is 13.2 Å². The fourth-order valence-corrected chi connectivity index (χ4v) is 2.50. The second-order valence-corrected chi connectivity index (χ2v) is 4.83. The van der Waals surface area contributed by atoms with E-state index in [-0.39, 0.29) is 11.6 Å². The van der Waals surface area contributed by atoms with Crippen LogP contribution in [0.3, 0.4) is 0 Å². The molecule has 104 valence electrons. The van der Waals surface area contributed by atoms with Gasteiger partial charge in [0.25, 0.3) is 0 Å². The molecule has 0 aliphatic carbocycles. The van der Waals surface area contributed by atoms with E-state index < -0.39 is 17.6 Å². The lowest BCUT2D eigenvalue weighted by Gasteiger charge is -2.25. The lowest BCUT2D eigenvalue weighted by Crippen LogP contribution is -2.27.